The van der Waals surface area contributed by atoms with Gasteiger partial charge in [-0.05, 0) is 54.7 Å². The molecule has 2 heterocycles. The summed E-state index contributed by atoms with van der Waals surface area (Å²) in [6, 6.07) is 25.4. The van der Waals surface area contributed by atoms with Gasteiger partial charge in [-0.3, -0.25) is 9.97 Å². The van der Waals surface area contributed by atoms with Crippen molar-refractivity contribution in [3.63, 3.8) is 0 Å². The maximum absolute atomic E-state index is 4.82. The molecule has 0 amide bonds. The molecule has 0 radical (unpaired) electrons. The summed E-state index contributed by atoms with van der Waals surface area (Å²) in [7, 11) is 0. The summed E-state index contributed by atoms with van der Waals surface area (Å²) in [6.45, 7) is 6.26. The van der Waals surface area contributed by atoms with Gasteiger partial charge < -0.3 is 0 Å². The molecule has 0 saturated carbocycles. The summed E-state index contributed by atoms with van der Waals surface area (Å²) in [5.41, 5.74) is 10.3. The van der Waals surface area contributed by atoms with Gasteiger partial charge in [0.05, 0.1) is 0 Å². The van der Waals surface area contributed by atoms with E-state index in [0.29, 0.717) is 0 Å². The molecule has 2 aromatic carbocycles. The van der Waals surface area contributed by atoms with Crippen LogP contribution < -0.4 is 0 Å². The fraction of sp³-hybridized carbons (Fsp3) is 0.143. The number of aromatic nitrogens is 2. The summed E-state index contributed by atoms with van der Waals surface area (Å²) in [4.78, 5) is 9.37. The van der Waals surface area contributed by atoms with Gasteiger partial charge in [-0.15, -0.1) is 0 Å². The van der Waals surface area contributed by atoms with Crippen molar-refractivity contribution in [2.45, 2.75) is 27.2 Å². The molecule has 0 aliphatic rings. The molecule has 2 heteroatoms. The summed E-state index contributed by atoms with van der Waals surface area (Å²) in [6.07, 6.45) is 7.22. The van der Waals surface area contributed by atoms with Gasteiger partial charge in [-0.25, -0.2) is 0 Å². The molecule has 148 valence electrons. The van der Waals surface area contributed by atoms with E-state index in [-0.39, 0.29) is 0 Å². The Balaban J connectivity index is 1.85. The lowest BCUT2D eigenvalue weighted by molar-refractivity contribution is 1.00. The molecular weight excluding hydrogens is 364 g/mol. The van der Waals surface area contributed by atoms with Crippen LogP contribution >= 0.6 is 0 Å². The zero-order valence-electron chi connectivity index (χ0n) is 17.8. The molecule has 0 aliphatic carbocycles. The number of rotatable bonds is 5. The van der Waals surface area contributed by atoms with Crippen molar-refractivity contribution >= 4 is 12.2 Å². The van der Waals surface area contributed by atoms with Crippen molar-refractivity contribution in [3.8, 4) is 22.3 Å². The Kier molecular flexibility index (Phi) is 5.85. The third-order valence-corrected chi connectivity index (χ3v) is 5.27. The maximum Gasteiger partial charge on any atom is 0.0482 e. The van der Waals surface area contributed by atoms with Crippen molar-refractivity contribution in [2.75, 3.05) is 0 Å². The normalized spacial score (nSPS) is 11.2. The highest BCUT2D eigenvalue weighted by Gasteiger charge is 2.11. The number of aryl methyl sites for hydroxylation is 3. The number of benzene rings is 2. The highest BCUT2D eigenvalue weighted by Crippen LogP contribution is 2.30. The first-order chi connectivity index (χ1) is 14.7. The van der Waals surface area contributed by atoms with E-state index in [1.807, 2.05) is 19.2 Å². The highest BCUT2D eigenvalue weighted by molar-refractivity contribution is 5.85. The maximum atomic E-state index is 4.82. The van der Waals surface area contributed by atoms with E-state index >= 15 is 0 Å². The quantitative estimate of drug-likeness (QED) is 0.361. The molecule has 0 saturated heterocycles. The van der Waals surface area contributed by atoms with E-state index in [4.69, 9.17) is 4.98 Å². The van der Waals surface area contributed by atoms with Gasteiger partial charge in [0.25, 0.3) is 0 Å². The van der Waals surface area contributed by atoms with Crippen molar-refractivity contribution in [1.82, 2.24) is 9.97 Å². The van der Waals surface area contributed by atoms with Crippen LogP contribution in [-0.4, -0.2) is 9.97 Å². The Bertz CT molecular complexity index is 1180. The van der Waals surface area contributed by atoms with E-state index in [0.717, 1.165) is 29.1 Å². The average Bonchev–Trinajstić information content (AvgIpc) is 2.79. The van der Waals surface area contributed by atoms with Crippen LogP contribution in [0.1, 0.15) is 35.1 Å². The van der Waals surface area contributed by atoms with Crippen LogP contribution in [0.3, 0.4) is 0 Å². The molecular formula is C28H26N2. The molecule has 4 aromatic rings. The van der Waals surface area contributed by atoms with Gasteiger partial charge >= 0.3 is 0 Å². The van der Waals surface area contributed by atoms with Gasteiger partial charge in [-0.2, -0.15) is 0 Å². The zero-order chi connectivity index (χ0) is 20.9. The van der Waals surface area contributed by atoms with Gasteiger partial charge in [0.2, 0.25) is 0 Å². The van der Waals surface area contributed by atoms with Crippen LogP contribution in [0.5, 0.6) is 0 Å². The molecule has 0 bridgehead atoms. The van der Waals surface area contributed by atoms with Crippen LogP contribution in [-0.2, 0) is 6.42 Å². The number of hydrogen-bond acceptors (Lipinski definition) is 2. The molecule has 4 rings (SSSR count). The van der Waals surface area contributed by atoms with Crippen molar-refractivity contribution < 1.29 is 0 Å². The first-order valence-electron chi connectivity index (χ1n) is 10.4. The predicted molar refractivity (Wildman–Crippen MR) is 127 cm³/mol. The monoisotopic (exact) mass is 390 g/mol. The molecule has 0 unspecified atom stereocenters. The summed E-state index contributed by atoms with van der Waals surface area (Å²) < 4.78 is 0. The van der Waals surface area contributed by atoms with Crippen molar-refractivity contribution in [1.29, 1.82) is 0 Å². The van der Waals surface area contributed by atoms with Crippen LogP contribution in [0, 0.1) is 13.8 Å². The predicted octanol–water partition coefficient (Wildman–Crippen LogP) is 7.16. The molecule has 2 aromatic heterocycles. The topological polar surface area (TPSA) is 25.8 Å². The smallest absolute Gasteiger partial charge is 0.0482 e. The SMILES string of the molecule is CCc1nc(C)cc(-c2ccccc2)c1/C=C\c1cnc(C)cc1-c1ccccc1. The Hall–Kier alpha value is -3.52. The molecule has 0 aliphatic heterocycles. The lowest BCUT2D eigenvalue weighted by Crippen LogP contribution is -1.98. The molecule has 0 N–H and O–H groups in total. The number of hydrogen-bond donors (Lipinski definition) is 0. The number of nitrogens with zero attached hydrogens (tertiary/aromatic N) is 2. The van der Waals surface area contributed by atoms with Crippen LogP contribution in [0.15, 0.2) is 79.0 Å². The molecule has 2 nitrogen and oxygen atoms in total. The van der Waals surface area contributed by atoms with Gasteiger partial charge in [0.15, 0.2) is 0 Å². The minimum atomic E-state index is 0.888. The molecule has 0 atom stereocenters. The largest absolute Gasteiger partial charge is 0.261 e. The van der Waals surface area contributed by atoms with Crippen LogP contribution in [0.4, 0.5) is 0 Å². The summed E-state index contributed by atoms with van der Waals surface area (Å²) in [5.74, 6) is 0. The van der Waals surface area contributed by atoms with Crippen LogP contribution in [0.2, 0.25) is 0 Å². The minimum Gasteiger partial charge on any atom is -0.261 e. The molecule has 0 fully saturated rings. The third-order valence-electron chi connectivity index (χ3n) is 5.27. The Morgan fingerprint density at radius 1 is 0.733 bits per heavy atom. The van der Waals surface area contributed by atoms with E-state index in [1.54, 1.807) is 0 Å². The van der Waals surface area contributed by atoms with Crippen molar-refractivity contribution in [2.24, 2.45) is 0 Å². The average molecular weight is 391 g/mol. The Labute approximate surface area is 179 Å². The second-order valence-corrected chi connectivity index (χ2v) is 7.50. The first-order valence-corrected chi connectivity index (χ1v) is 10.4. The third kappa shape index (κ3) is 4.23. The summed E-state index contributed by atoms with van der Waals surface area (Å²) >= 11 is 0. The zero-order valence-corrected chi connectivity index (χ0v) is 17.8. The fourth-order valence-corrected chi connectivity index (χ4v) is 3.80. The van der Waals surface area contributed by atoms with E-state index in [1.165, 1.54) is 27.8 Å². The first kappa shape index (κ1) is 19.8. The second kappa shape index (κ2) is 8.87. The lowest BCUT2D eigenvalue weighted by atomic mass is 9.95. The fourth-order valence-electron chi connectivity index (χ4n) is 3.80. The van der Waals surface area contributed by atoms with Gasteiger partial charge in [-0.1, -0.05) is 79.7 Å². The second-order valence-electron chi connectivity index (χ2n) is 7.50. The van der Waals surface area contributed by atoms with E-state index in [9.17, 15) is 0 Å². The van der Waals surface area contributed by atoms with E-state index < -0.39 is 0 Å². The standard InChI is InChI=1S/C28H26N2/c1-4-28-25(27(18-21(3)30-28)23-13-9-6-10-14-23)16-15-24-19-29-20(2)17-26(24)22-11-7-5-8-12-22/h5-19H,4H2,1-3H3/b16-15-. The van der Waals surface area contributed by atoms with Crippen molar-refractivity contribution in [3.05, 3.63) is 107 Å². The van der Waals surface area contributed by atoms with Gasteiger partial charge in [0.1, 0.15) is 0 Å². The molecule has 0 spiro atoms. The Morgan fingerprint density at radius 3 is 1.97 bits per heavy atom. The summed E-state index contributed by atoms with van der Waals surface area (Å²) in [5, 5.41) is 0. The number of pyridine rings is 2. The lowest BCUT2D eigenvalue weighted by Gasteiger charge is -2.13. The molecule has 30 heavy (non-hydrogen) atoms. The minimum absolute atomic E-state index is 0.888. The van der Waals surface area contributed by atoms with E-state index in [2.05, 4.69) is 97.7 Å². The highest BCUT2D eigenvalue weighted by atomic mass is 14.7. The van der Waals surface area contributed by atoms with Crippen LogP contribution in [0.25, 0.3) is 34.4 Å². The Morgan fingerprint density at radius 2 is 1.33 bits per heavy atom. The van der Waals surface area contributed by atoms with Gasteiger partial charge in [0, 0.05) is 34.4 Å².